The Morgan fingerprint density at radius 2 is 1.89 bits per heavy atom. The summed E-state index contributed by atoms with van der Waals surface area (Å²) in [6.45, 7) is 1.39. The molecule has 28 heavy (non-hydrogen) atoms. The highest BCUT2D eigenvalue weighted by atomic mass is 32.1. The fourth-order valence-electron chi connectivity index (χ4n) is 2.90. The lowest BCUT2D eigenvalue weighted by Crippen LogP contribution is -2.34. The van der Waals surface area contributed by atoms with E-state index < -0.39 is 0 Å². The number of aromatic nitrogens is 1. The molecule has 7 heteroatoms. The van der Waals surface area contributed by atoms with Crippen molar-refractivity contribution in [1.82, 2.24) is 9.88 Å². The van der Waals surface area contributed by atoms with Gasteiger partial charge in [-0.3, -0.25) is 9.69 Å². The Morgan fingerprint density at radius 3 is 2.54 bits per heavy atom. The highest BCUT2D eigenvalue weighted by Crippen LogP contribution is 2.30. The molecular weight excluding hydrogens is 377 g/mol. The molecule has 0 fully saturated rings. The van der Waals surface area contributed by atoms with Crippen LogP contribution in [0, 0.1) is 5.82 Å². The summed E-state index contributed by atoms with van der Waals surface area (Å²) in [5, 5.41) is 0.539. The number of ether oxygens (including phenoxy) is 1. The van der Waals surface area contributed by atoms with Crippen LogP contribution in [-0.2, 0) is 11.2 Å². The number of hydrogen-bond acceptors (Lipinski definition) is 5. The Hall–Kier alpha value is -2.51. The van der Waals surface area contributed by atoms with Gasteiger partial charge < -0.3 is 9.64 Å². The van der Waals surface area contributed by atoms with Crippen LogP contribution in [0.25, 0.3) is 10.2 Å². The van der Waals surface area contributed by atoms with Crippen molar-refractivity contribution in [2.24, 2.45) is 0 Å². The summed E-state index contributed by atoms with van der Waals surface area (Å²) in [5.41, 5.74) is 1.22. The molecule has 0 aliphatic rings. The molecule has 0 atom stereocenters. The standard InChI is InChI=1S/C21H24FN3O2S/c1-24(2)12-5-13-25(19(26)14-15-8-10-16(27-3)11-9-15)21-23-20-17(22)6-4-7-18(20)28-21/h4,6-11H,5,12-14H2,1-3H3. The molecule has 148 valence electrons. The summed E-state index contributed by atoms with van der Waals surface area (Å²) >= 11 is 1.34. The maximum absolute atomic E-state index is 14.1. The van der Waals surface area contributed by atoms with Crippen LogP contribution < -0.4 is 9.64 Å². The van der Waals surface area contributed by atoms with E-state index >= 15 is 0 Å². The molecule has 0 saturated heterocycles. The number of rotatable bonds is 8. The van der Waals surface area contributed by atoms with Gasteiger partial charge in [-0.1, -0.05) is 29.5 Å². The minimum Gasteiger partial charge on any atom is -0.497 e. The monoisotopic (exact) mass is 401 g/mol. The Labute approximate surface area is 168 Å². The van der Waals surface area contributed by atoms with Crippen molar-refractivity contribution < 1.29 is 13.9 Å². The SMILES string of the molecule is COc1ccc(CC(=O)N(CCCN(C)C)c2nc3c(F)cccc3s2)cc1. The lowest BCUT2D eigenvalue weighted by Gasteiger charge is -2.21. The van der Waals surface area contributed by atoms with Gasteiger partial charge in [0.2, 0.25) is 5.91 Å². The summed E-state index contributed by atoms with van der Waals surface area (Å²) < 4.78 is 20.0. The normalized spacial score (nSPS) is 11.2. The minimum absolute atomic E-state index is 0.0524. The quantitative estimate of drug-likeness (QED) is 0.573. The number of carbonyl (C=O) groups is 1. The summed E-state index contributed by atoms with van der Waals surface area (Å²) in [6, 6.07) is 12.3. The lowest BCUT2D eigenvalue weighted by atomic mass is 10.1. The molecule has 1 heterocycles. The van der Waals surface area contributed by atoms with E-state index in [-0.39, 0.29) is 18.1 Å². The third kappa shape index (κ3) is 4.85. The number of halogens is 1. The molecule has 3 aromatic rings. The second-order valence-corrected chi connectivity index (χ2v) is 7.82. The molecule has 0 spiro atoms. The molecule has 0 N–H and O–H groups in total. The zero-order chi connectivity index (χ0) is 20.1. The number of fused-ring (bicyclic) bond motifs is 1. The van der Waals surface area contributed by atoms with Crippen LogP contribution in [-0.4, -0.2) is 50.1 Å². The molecule has 0 unspecified atom stereocenters. The topological polar surface area (TPSA) is 45.7 Å². The zero-order valence-electron chi connectivity index (χ0n) is 16.3. The maximum Gasteiger partial charge on any atom is 0.233 e. The van der Waals surface area contributed by atoms with E-state index in [1.54, 1.807) is 18.1 Å². The van der Waals surface area contributed by atoms with Gasteiger partial charge in [-0.15, -0.1) is 0 Å². The van der Waals surface area contributed by atoms with Crippen molar-refractivity contribution in [3.63, 3.8) is 0 Å². The van der Waals surface area contributed by atoms with Crippen LogP contribution in [0.2, 0.25) is 0 Å². The fraction of sp³-hybridized carbons (Fsp3) is 0.333. The Kier molecular flexibility index (Phi) is 6.59. The molecule has 3 rings (SSSR count). The van der Waals surface area contributed by atoms with E-state index in [2.05, 4.69) is 9.88 Å². The number of para-hydroxylation sites is 1. The molecule has 2 aromatic carbocycles. The van der Waals surface area contributed by atoms with Crippen molar-refractivity contribution >= 4 is 32.6 Å². The van der Waals surface area contributed by atoms with Gasteiger partial charge in [-0.05, 0) is 56.9 Å². The number of methoxy groups -OCH3 is 1. The Balaban J connectivity index is 1.83. The molecule has 1 aromatic heterocycles. The van der Waals surface area contributed by atoms with Crippen LogP contribution >= 0.6 is 11.3 Å². The third-order valence-electron chi connectivity index (χ3n) is 4.39. The van der Waals surface area contributed by atoms with E-state index in [4.69, 9.17) is 4.74 Å². The van der Waals surface area contributed by atoms with E-state index in [9.17, 15) is 9.18 Å². The van der Waals surface area contributed by atoms with Crippen molar-refractivity contribution in [2.75, 3.05) is 39.2 Å². The van der Waals surface area contributed by atoms with Gasteiger partial charge in [-0.2, -0.15) is 0 Å². The first kappa shape index (κ1) is 20.2. The number of anilines is 1. The van der Waals surface area contributed by atoms with Crippen LogP contribution in [0.3, 0.4) is 0 Å². The number of amides is 1. The van der Waals surface area contributed by atoms with Gasteiger partial charge in [0.1, 0.15) is 17.1 Å². The smallest absolute Gasteiger partial charge is 0.233 e. The summed E-state index contributed by atoms with van der Waals surface area (Å²) in [6.07, 6.45) is 1.06. The Morgan fingerprint density at radius 1 is 1.14 bits per heavy atom. The van der Waals surface area contributed by atoms with Crippen LogP contribution in [0.1, 0.15) is 12.0 Å². The van der Waals surface area contributed by atoms with Gasteiger partial charge in [0.15, 0.2) is 5.13 Å². The first-order valence-electron chi connectivity index (χ1n) is 9.11. The average molecular weight is 402 g/mol. The van der Waals surface area contributed by atoms with E-state index in [1.165, 1.54) is 17.4 Å². The minimum atomic E-state index is -0.365. The second-order valence-electron chi connectivity index (χ2n) is 6.81. The van der Waals surface area contributed by atoms with Crippen molar-refractivity contribution in [3.8, 4) is 5.75 Å². The summed E-state index contributed by atoms with van der Waals surface area (Å²) in [5.74, 6) is 0.333. The number of carbonyl (C=O) groups excluding carboxylic acids is 1. The highest BCUT2D eigenvalue weighted by molar-refractivity contribution is 7.22. The van der Waals surface area contributed by atoms with Gasteiger partial charge in [0.05, 0.1) is 18.2 Å². The number of benzene rings is 2. The first-order chi connectivity index (χ1) is 13.5. The van der Waals surface area contributed by atoms with Gasteiger partial charge in [0.25, 0.3) is 0 Å². The third-order valence-corrected chi connectivity index (χ3v) is 5.44. The van der Waals surface area contributed by atoms with Crippen molar-refractivity contribution in [3.05, 3.63) is 53.8 Å². The van der Waals surface area contributed by atoms with Crippen LogP contribution in [0.4, 0.5) is 9.52 Å². The average Bonchev–Trinajstić information content (AvgIpc) is 3.11. The van der Waals surface area contributed by atoms with Gasteiger partial charge in [0, 0.05) is 6.54 Å². The largest absolute Gasteiger partial charge is 0.497 e. The van der Waals surface area contributed by atoms with E-state index in [0.29, 0.717) is 17.2 Å². The Bertz CT molecular complexity index is 940. The molecule has 1 amide bonds. The fourth-order valence-corrected chi connectivity index (χ4v) is 3.93. The van der Waals surface area contributed by atoms with Crippen molar-refractivity contribution in [1.29, 1.82) is 0 Å². The van der Waals surface area contributed by atoms with Crippen molar-refractivity contribution in [2.45, 2.75) is 12.8 Å². The molecule has 0 aliphatic heterocycles. The zero-order valence-corrected chi connectivity index (χ0v) is 17.1. The predicted molar refractivity (Wildman–Crippen MR) is 112 cm³/mol. The van der Waals surface area contributed by atoms with E-state index in [0.717, 1.165) is 29.0 Å². The summed E-state index contributed by atoms with van der Waals surface area (Å²) in [4.78, 5) is 21.2. The van der Waals surface area contributed by atoms with Gasteiger partial charge in [-0.25, -0.2) is 9.37 Å². The number of thiazole rings is 1. The maximum atomic E-state index is 14.1. The molecular formula is C21H24FN3O2S. The molecule has 5 nitrogen and oxygen atoms in total. The first-order valence-corrected chi connectivity index (χ1v) is 9.92. The van der Waals surface area contributed by atoms with Crippen LogP contribution in [0.5, 0.6) is 5.75 Å². The predicted octanol–water partition coefficient (Wildman–Crippen LogP) is 3.97. The molecule has 0 bridgehead atoms. The highest BCUT2D eigenvalue weighted by Gasteiger charge is 2.21. The summed E-state index contributed by atoms with van der Waals surface area (Å²) in [7, 11) is 5.60. The van der Waals surface area contributed by atoms with Crippen LogP contribution in [0.15, 0.2) is 42.5 Å². The second kappa shape index (κ2) is 9.12. The number of nitrogens with zero attached hydrogens (tertiary/aromatic N) is 3. The molecule has 0 radical (unpaired) electrons. The molecule has 0 saturated carbocycles. The number of hydrogen-bond donors (Lipinski definition) is 0. The van der Waals surface area contributed by atoms with Gasteiger partial charge >= 0.3 is 0 Å². The lowest BCUT2D eigenvalue weighted by molar-refractivity contribution is -0.118. The molecule has 0 aliphatic carbocycles. The van der Waals surface area contributed by atoms with E-state index in [1.807, 2.05) is 44.4 Å².